The summed E-state index contributed by atoms with van der Waals surface area (Å²) in [5, 5.41) is 11.2. The van der Waals surface area contributed by atoms with E-state index in [0.29, 0.717) is 0 Å². The van der Waals surface area contributed by atoms with Gasteiger partial charge < -0.3 is 9.73 Å². The molecule has 2 N–H and O–H groups in total. The van der Waals surface area contributed by atoms with E-state index < -0.39 is 0 Å². The summed E-state index contributed by atoms with van der Waals surface area (Å²) in [5.74, 6) is 0.811. The molecule has 18 heavy (non-hydrogen) atoms. The number of nitrogens with zero attached hydrogens (tertiary/aromatic N) is 1. The van der Waals surface area contributed by atoms with E-state index in [-0.39, 0.29) is 0 Å². The molecule has 5 heteroatoms. The van der Waals surface area contributed by atoms with Gasteiger partial charge in [0.05, 0.1) is 6.20 Å². The highest BCUT2D eigenvalue weighted by atomic mass is 79.9. The van der Waals surface area contributed by atoms with Crippen LogP contribution in [0.15, 0.2) is 39.4 Å². The van der Waals surface area contributed by atoms with Crippen LogP contribution in [0.3, 0.4) is 0 Å². The lowest BCUT2D eigenvalue weighted by Gasteiger charge is -1.98. The SMILES string of the molecule is CNCc1cn[nH]c1-c1cc2cc(Br)ccc2o1. The Kier molecular flexibility index (Phi) is 2.93. The van der Waals surface area contributed by atoms with Crippen LogP contribution in [-0.2, 0) is 6.54 Å². The Labute approximate surface area is 113 Å². The molecule has 0 amide bonds. The number of benzene rings is 1. The van der Waals surface area contributed by atoms with Crippen molar-refractivity contribution in [3.63, 3.8) is 0 Å². The number of hydrogen-bond acceptors (Lipinski definition) is 3. The largest absolute Gasteiger partial charge is 0.454 e. The molecule has 0 atom stereocenters. The third-order valence-electron chi connectivity index (χ3n) is 2.81. The molecule has 0 bridgehead atoms. The first-order valence-electron chi connectivity index (χ1n) is 5.64. The molecule has 3 aromatic rings. The van der Waals surface area contributed by atoms with Gasteiger partial charge in [-0.2, -0.15) is 5.10 Å². The lowest BCUT2D eigenvalue weighted by molar-refractivity contribution is 0.626. The third-order valence-corrected chi connectivity index (χ3v) is 3.30. The van der Waals surface area contributed by atoms with Crippen molar-refractivity contribution in [3.05, 3.63) is 40.5 Å². The van der Waals surface area contributed by atoms with Gasteiger partial charge in [-0.25, -0.2) is 0 Å². The molecule has 0 aliphatic carbocycles. The Hall–Kier alpha value is -1.59. The monoisotopic (exact) mass is 305 g/mol. The molecule has 0 fully saturated rings. The van der Waals surface area contributed by atoms with Gasteiger partial charge in [-0.05, 0) is 31.3 Å². The smallest absolute Gasteiger partial charge is 0.153 e. The summed E-state index contributed by atoms with van der Waals surface area (Å²) in [6, 6.07) is 7.98. The van der Waals surface area contributed by atoms with Gasteiger partial charge in [0.1, 0.15) is 11.3 Å². The maximum absolute atomic E-state index is 5.83. The zero-order chi connectivity index (χ0) is 12.5. The number of aromatic nitrogens is 2. The van der Waals surface area contributed by atoms with Crippen LogP contribution in [0.4, 0.5) is 0 Å². The standard InChI is InChI=1S/C13H12BrN3O/c1-15-6-9-7-16-17-13(9)12-5-8-4-10(14)2-3-11(8)18-12/h2-5,7,15H,6H2,1H3,(H,16,17). The summed E-state index contributed by atoms with van der Waals surface area (Å²) in [4.78, 5) is 0. The van der Waals surface area contributed by atoms with Crippen molar-refractivity contribution in [2.45, 2.75) is 6.54 Å². The van der Waals surface area contributed by atoms with Gasteiger partial charge in [0.15, 0.2) is 5.76 Å². The highest BCUT2D eigenvalue weighted by molar-refractivity contribution is 9.10. The number of furan rings is 1. The third kappa shape index (κ3) is 1.95. The van der Waals surface area contributed by atoms with Crippen LogP contribution in [0.1, 0.15) is 5.56 Å². The van der Waals surface area contributed by atoms with Gasteiger partial charge >= 0.3 is 0 Å². The molecule has 2 aromatic heterocycles. The van der Waals surface area contributed by atoms with Crippen LogP contribution in [0.5, 0.6) is 0 Å². The molecular formula is C13H12BrN3O. The summed E-state index contributed by atoms with van der Waals surface area (Å²) >= 11 is 3.46. The molecule has 1 aromatic carbocycles. The number of halogens is 1. The van der Waals surface area contributed by atoms with Crippen molar-refractivity contribution in [2.75, 3.05) is 7.05 Å². The van der Waals surface area contributed by atoms with Gasteiger partial charge in [-0.15, -0.1) is 0 Å². The topological polar surface area (TPSA) is 53.9 Å². The molecule has 0 unspecified atom stereocenters. The summed E-state index contributed by atoms with van der Waals surface area (Å²) in [6.07, 6.45) is 1.81. The van der Waals surface area contributed by atoms with Crippen molar-refractivity contribution < 1.29 is 4.42 Å². The van der Waals surface area contributed by atoms with Crippen molar-refractivity contribution in [1.29, 1.82) is 0 Å². The first-order chi connectivity index (χ1) is 8.78. The molecular weight excluding hydrogens is 294 g/mol. The van der Waals surface area contributed by atoms with Crippen LogP contribution in [0, 0.1) is 0 Å². The second-order valence-electron chi connectivity index (χ2n) is 4.09. The van der Waals surface area contributed by atoms with E-state index in [0.717, 1.165) is 39.0 Å². The Morgan fingerprint density at radius 1 is 1.39 bits per heavy atom. The number of H-pyrrole nitrogens is 1. The minimum Gasteiger partial charge on any atom is -0.454 e. The minimum absolute atomic E-state index is 0.757. The van der Waals surface area contributed by atoms with Crippen LogP contribution < -0.4 is 5.32 Å². The Morgan fingerprint density at radius 2 is 2.28 bits per heavy atom. The van der Waals surface area contributed by atoms with Crippen molar-refractivity contribution in [2.24, 2.45) is 0 Å². The lowest BCUT2D eigenvalue weighted by Crippen LogP contribution is -2.04. The van der Waals surface area contributed by atoms with E-state index in [1.54, 1.807) is 0 Å². The van der Waals surface area contributed by atoms with Crippen molar-refractivity contribution in [3.8, 4) is 11.5 Å². The van der Waals surface area contributed by atoms with Crippen molar-refractivity contribution >= 4 is 26.9 Å². The van der Waals surface area contributed by atoms with Crippen LogP contribution in [0.25, 0.3) is 22.4 Å². The number of aromatic amines is 1. The summed E-state index contributed by atoms with van der Waals surface area (Å²) in [5.41, 5.74) is 2.89. The van der Waals surface area contributed by atoms with E-state index in [1.807, 2.05) is 37.5 Å². The average Bonchev–Trinajstić information content (AvgIpc) is 2.94. The number of hydrogen-bond donors (Lipinski definition) is 2. The van der Waals surface area contributed by atoms with Crippen LogP contribution in [-0.4, -0.2) is 17.2 Å². The zero-order valence-electron chi connectivity index (χ0n) is 9.83. The Morgan fingerprint density at radius 3 is 3.11 bits per heavy atom. The van der Waals surface area contributed by atoms with Crippen LogP contribution >= 0.6 is 15.9 Å². The molecule has 0 aliphatic heterocycles. The number of nitrogens with one attached hydrogen (secondary N) is 2. The van der Waals surface area contributed by atoms with E-state index in [2.05, 4.69) is 31.4 Å². The normalized spacial score (nSPS) is 11.2. The first-order valence-corrected chi connectivity index (χ1v) is 6.43. The summed E-state index contributed by atoms with van der Waals surface area (Å²) < 4.78 is 6.88. The Balaban J connectivity index is 2.10. The maximum atomic E-state index is 5.83. The average molecular weight is 306 g/mol. The lowest BCUT2D eigenvalue weighted by atomic mass is 10.2. The van der Waals surface area contributed by atoms with Gasteiger partial charge in [-0.1, -0.05) is 15.9 Å². The molecule has 0 saturated heterocycles. The Bertz CT molecular complexity index is 686. The molecule has 3 rings (SSSR count). The zero-order valence-corrected chi connectivity index (χ0v) is 11.4. The molecule has 4 nitrogen and oxygen atoms in total. The molecule has 0 spiro atoms. The molecule has 0 saturated carbocycles. The highest BCUT2D eigenvalue weighted by Crippen LogP contribution is 2.30. The fraction of sp³-hybridized carbons (Fsp3) is 0.154. The van der Waals surface area contributed by atoms with Crippen LogP contribution in [0.2, 0.25) is 0 Å². The van der Waals surface area contributed by atoms with E-state index in [9.17, 15) is 0 Å². The summed E-state index contributed by atoms with van der Waals surface area (Å²) in [6.45, 7) is 0.757. The van der Waals surface area contributed by atoms with Gasteiger partial charge in [0.25, 0.3) is 0 Å². The number of fused-ring (bicyclic) bond motifs is 1. The van der Waals surface area contributed by atoms with Gasteiger partial charge in [0.2, 0.25) is 0 Å². The summed E-state index contributed by atoms with van der Waals surface area (Å²) in [7, 11) is 1.91. The predicted octanol–water partition coefficient (Wildman–Crippen LogP) is 3.30. The second kappa shape index (κ2) is 4.59. The maximum Gasteiger partial charge on any atom is 0.153 e. The predicted molar refractivity (Wildman–Crippen MR) is 74.3 cm³/mol. The van der Waals surface area contributed by atoms with E-state index >= 15 is 0 Å². The first kappa shape index (κ1) is 11.5. The molecule has 92 valence electrons. The molecule has 0 radical (unpaired) electrons. The van der Waals surface area contributed by atoms with E-state index in [1.165, 1.54) is 0 Å². The van der Waals surface area contributed by atoms with Crippen molar-refractivity contribution in [1.82, 2.24) is 15.5 Å². The highest BCUT2D eigenvalue weighted by Gasteiger charge is 2.12. The minimum atomic E-state index is 0.757. The molecule has 2 heterocycles. The number of rotatable bonds is 3. The quantitative estimate of drug-likeness (QED) is 0.780. The fourth-order valence-electron chi connectivity index (χ4n) is 1.99. The van der Waals surface area contributed by atoms with E-state index in [4.69, 9.17) is 4.42 Å². The molecule has 0 aliphatic rings. The fourth-order valence-corrected chi connectivity index (χ4v) is 2.37. The van der Waals surface area contributed by atoms with Gasteiger partial charge in [-0.3, -0.25) is 5.10 Å². The second-order valence-corrected chi connectivity index (χ2v) is 5.01. The van der Waals surface area contributed by atoms with Gasteiger partial charge in [0, 0.05) is 22.0 Å².